The normalized spacial score (nSPS) is 25.0. The van der Waals surface area contributed by atoms with Gasteiger partial charge in [0.2, 0.25) is 0 Å². The molecule has 2 aromatic carbocycles. The number of ketones is 1. The molecule has 0 N–H and O–H groups in total. The second-order valence-corrected chi connectivity index (χ2v) is 9.58. The molecule has 2 bridgehead atoms. The third-order valence-electron chi connectivity index (χ3n) is 6.76. The number of nitrogens with zero attached hydrogens (tertiary/aromatic N) is 2. The number of halogens is 2. The van der Waals surface area contributed by atoms with Gasteiger partial charge < -0.3 is 0 Å². The van der Waals surface area contributed by atoms with Gasteiger partial charge in [0.15, 0.2) is 5.78 Å². The molecule has 3 aliphatic rings. The van der Waals surface area contributed by atoms with E-state index in [2.05, 4.69) is 0 Å². The topological polar surface area (TPSA) is 74.8 Å². The number of carbonyl (C=O) groups excluding carboxylic acids is 4. The number of fused-ring (bicyclic) bond motifs is 5. The molecule has 2 fully saturated rings. The maximum Gasteiger partial charge on any atom is 0.273 e. The van der Waals surface area contributed by atoms with Gasteiger partial charge in [-0.2, -0.15) is 5.01 Å². The fourth-order valence-electron chi connectivity index (χ4n) is 5.10. The lowest BCUT2D eigenvalue weighted by Gasteiger charge is -2.31. The van der Waals surface area contributed by atoms with E-state index in [4.69, 9.17) is 23.2 Å². The number of rotatable bonds is 5. The van der Waals surface area contributed by atoms with E-state index in [1.165, 1.54) is 18.2 Å². The molecule has 0 unspecified atom stereocenters. The van der Waals surface area contributed by atoms with Gasteiger partial charge in [0.25, 0.3) is 17.7 Å². The Kier molecular flexibility index (Phi) is 5.38. The highest BCUT2D eigenvalue weighted by atomic mass is 35.5. The number of hydrogen-bond acceptors (Lipinski definition) is 4. The van der Waals surface area contributed by atoms with E-state index >= 15 is 0 Å². The minimum Gasteiger partial charge on any atom is -0.292 e. The Labute approximate surface area is 200 Å². The van der Waals surface area contributed by atoms with Crippen LogP contribution in [0.5, 0.6) is 0 Å². The van der Waals surface area contributed by atoms with Crippen molar-refractivity contribution < 1.29 is 19.2 Å². The van der Waals surface area contributed by atoms with Crippen molar-refractivity contribution in [2.24, 2.45) is 23.7 Å². The predicted molar refractivity (Wildman–Crippen MR) is 123 cm³/mol. The summed E-state index contributed by atoms with van der Waals surface area (Å²) in [6, 6.07) is 11.2. The largest absolute Gasteiger partial charge is 0.292 e. The van der Waals surface area contributed by atoms with E-state index in [1.807, 2.05) is 19.1 Å². The van der Waals surface area contributed by atoms with Crippen molar-refractivity contribution in [3.63, 3.8) is 0 Å². The van der Waals surface area contributed by atoms with Gasteiger partial charge in [0, 0.05) is 11.1 Å². The Morgan fingerprint density at radius 3 is 2.06 bits per heavy atom. The summed E-state index contributed by atoms with van der Waals surface area (Å²) in [4.78, 5) is 53.3. The van der Waals surface area contributed by atoms with Crippen LogP contribution in [0.1, 0.15) is 32.7 Å². The van der Waals surface area contributed by atoms with Gasteiger partial charge in [-0.1, -0.05) is 65.2 Å². The molecule has 168 valence electrons. The Hall–Kier alpha value is -2.96. The molecule has 1 aliphatic heterocycles. The lowest BCUT2D eigenvalue weighted by molar-refractivity contribution is -0.154. The van der Waals surface area contributed by atoms with E-state index in [9.17, 15) is 19.2 Å². The molecule has 0 spiro atoms. The maximum atomic E-state index is 13.5. The average molecular weight is 483 g/mol. The lowest BCUT2D eigenvalue weighted by Crippen LogP contribution is -2.52. The van der Waals surface area contributed by atoms with Crippen molar-refractivity contribution in [1.82, 2.24) is 10.0 Å². The van der Waals surface area contributed by atoms with Gasteiger partial charge in [-0.05, 0) is 43.4 Å². The van der Waals surface area contributed by atoms with Crippen molar-refractivity contribution in [3.05, 3.63) is 81.4 Å². The van der Waals surface area contributed by atoms with Crippen molar-refractivity contribution in [2.75, 3.05) is 6.54 Å². The van der Waals surface area contributed by atoms with E-state index in [0.29, 0.717) is 5.56 Å². The molecule has 5 rings (SSSR count). The first-order valence-electron chi connectivity index (χ1n) is 10.7. The minimum absolute atomic E-state index is 0.0174. The monoisotopic (exact) mass is 482 g/mol. The van der Waals surface area contributed by atoms with Crippen LogP contribution in [0.3, 0.4) is 0 Å². The number of amides is 3. The maximum absolute atomic E-state index is 13.5. The van der Waals surface area contributed by atoms with Gasteiger partial charge in [0.1, 0.15) is 6.54 Å². The summed E-state index contributed by atoms with van der Waals surface area (Å²) >= 11 is 12.1. The Bertz CT molecular complexity index is 1190. The van der Waals surface area contributed by atoms with Crippen LogP contribution in [0.25, 0.3) is 0 Å². The summed E-state index contributed by atoms with van der Waals surface area (Å²) in [5.41, 5.74) is 1.49. The van der Waals surface area contributed by atoms with Gasteiger partial charge in [0.05, 0.1) is 21.9 Å². The highest BCUT2D eigenvalue weighted by molar-refractivity contribution is 6.42. The van der Waals surface area contributed by atoms with Crippen LogP contribution in [0, 0.1) is 30.6 Å². The first kappa shape index (κ1) is 21.9. The predicted octanol–water partition coefficient (Wildman–Crippen LogP) is 4.35. The zero-order chi connectivity index (χ0) is 23.4. The molecule has 8 heteroatoms. The van der Waals surface area contributed by atoms with Crippen LogP contribution in [-0.2, 0) is 9.59 Å². The summed E-state index contributed by atoms with van der Waals surface area (Å²) in [6.45, 7) is 1.44. The van der Waals surface area contributed by atoms with Crippen molar-refractivity contribution in [1.29, 1.82) is 0 Å². The highest BCUT2D eigenvalue weighted by Gasteiger charge is 2.61. The molecular formula is C25H20Cl2N2O4. The van der Waals surface area contributed by atoms with Gasteiger partial charge in [-0.15, -0.1) is 0 Å². The second-order valence-electron chi connectivity index (χ2n) is 8.77. The summed E-state index contributed by atoms with van der Waals surface area (Å²) in [5, 5.41) is 2.27. The molecule has 2 aliphatic carbocycles. The third-order valence-corrected chi connectivity index (χ3v) is 7.50. The molecule has 6 nitrogen and oxygen atoms in total. The molecule has 33 heavy (non-hydrogen) atoms. The standard InChI is InChI=1S/C25H20Cl2N2O4/c1-13-2-4-14(5-3-13)20(30)12-28(23(31)17-8-9-18(26)19(27)11-17)29-24(32)21-15-6-7-16(10-15)22(21)25(29)33/h2-9,11,15-16,21-22H,10,12H2,1H3/t15-,16+,21-,22-/m0/s1. The number of imide groups is 1. The Morgan fingerprint density at radius 1 is 0.909 bits per heavy atom. The quantitative estimate of drug-likeness (QED) is 0.360. The van der Waals surface area contributed by atoms with Crippen molar-refractivity contribution in [3.8, 4) is 0 Å². The van der Waals surface area contributed by atoms with Crippen LogP contribution in [-0.4, -0.2) is 40.1 Å². The second kappa shape index (κ2) is 8.12. The van der Waals surface area contributed by atoms with Crippen LogP contribution in [0.2, 0.25) is 10.0 Å². The van der Waals surface area contributed by atoms with Crippen LogP contribution in [0.15, 0.2) is 54.6 Å². The van der Waals surface area contributed by atoms with E-state index < -0.39 is 36.1 Å². The molecule has 1 heterocycles. The zero-order valence-electron chi connectivity index (χ0n) is 17.7. The Morgan fingerprint density at radius 2 is 1.48 bits per heavy atom. The molecular weight excluding hydrogens is 463 g/mol. The number of carbonyl (C=O) groups is 4. The number of aryl methyl sites for hydroxylation is 1. The van der Waals surface area contributed by atoms with E-state index in [-0.39, 0.29) is 33.2 Å². The van der Waals surface area contributed by atoms with Crippen LogP contribution in [0.4, 0.5) is 0 Å². The smallest absolute Gasteiger partial charge is 0.273 e. The summed E-state index contributed by atoms with van der Waals surface area (Å²) in [5.74, 6) is -2.96. The first-order valence-corrected chi connectivity index (χ1v) is 11.4. The van der Waals surface area contributed by atoms with Gasteiger partial charge in [-0.3, -0.25) is 19.2 Å². The zero-order valence-corrected chi connectivity index (χ0v) is 19.2. The number of allylic oxidation sites excluding steroid dienone is 2. The number of benzene rings is 2. The number of Topliss-reactive ketones (excluding diaryl/α,β-unsaturated/α-hetero) is 1. The van der Waals surface area contributed by atoms with E-state index in [0.717, 1.165) is 22.0 Å². The third kappa shape index (κ3) is 3.58. The molecule has 3 amide bonds. The molecule has 0 aromatic heterocycles. The molecule has 2 aromatic rings. The highest BCUT2D eigenvalue weighted by Crippen LogP contribution is 2.52. The SMILES string of the molecule is Cc1ccc(C(=O)CN(C(=O)c2ccc(Cl)c(Cl)c2)N2C(=O)[C@@H]3[C@@H](C2=O)[C@H]2C=C[C@@H]3C2)cc1. The first-order chi connectivity index (χ1) is 15.8. The van der Waals surface area contributed by atoms with Crippen LogP contribution < -0.4 is 0 Å². The number of hydrogen-bond donors (Lipinski definition) is 0. The molecule has 1 saturated heterocycles. The van der Waals surface area contributed by atoms with Gasteiger partial charge in [-0.25, -0.2) is 5.01 Å². The fourth-order valence-corrected chi connectivity index (χ4v) is 5.40. The summed E-state index contributed by atoms with van der Waals surface area (Å²) in [7, 11) is 0. The molecule has 4 atom stereocenters. The van der Waals surface area contributed by atoms with Crippen molar-refractivity contribution >= 4 is 46.7 Å². The molecule has 0 radical (unpaired) electrons. The number of hydrazine groups is 1. The van der Waals surface area contributed by atoms with Gasteiger partial charge >= 0.3 is 0 Å². The lowest BCUT2D eigenvalue weighted by atomic mass is 9.85. The summed E-state index contributed by atoms with van der Waals surface area (Å²) < 4.78 is 0. The van der Waals surface area contributed by atoms with Crippen molar-refractivity contribution in [2.45, 2.75) is 13.3 Å². The fraction of sp³-hybridized carbons (Fsp3) is 0.280. The summed E-state index contributed by atoms with van der Waals surface area (Å²) in [6.07, 6.45) is 4.72. The average Bonchev–Trinajstić information content (AvgIpc) is 3.48. The van der Waals surface area contributed by atoms with Crippen LogP contribution >= 0.6 is 23.2 Å². The van der Waals surface area contributed by atoms with E-state index in [1.54, 1.807) is 24.3 Å². The minimum atomic E-state index is -0.670. The molecule has 1 saturated carbocycles. The Balaban J connectivity index is 1.51.